The third kappa shape index (κ3) is 3.37. The van der Waals surface area contributed by atoms with Crippen molar-refractivity contribution in [1.82, 2.24) is 15.4 Å². The minimum Gasteiger partial charge on any atom is -0.455 e. The fourth-order valence-corrected chi connectivity index (χ4v) is 2.63. The summed E-state index contributed by atoms with van der Waals surface area (Å²) in [5, 5.41) is 0.696. The van der Waals surface area contributed by atoms with Crippen LogP contribution < -0.4 is 11.3 Å². The summed E-state index contributed by atoms with van der Waals surface area (Å²) < 4.78 is 5.48. The second kappa shape index (κ2) is 6.06. The molecule has 3 N–H and O–H groups in total. The first kappa shape index (κ1) is 14.5. The van der Waals surface area contributed by atoms with E-state index in [0.717, 1.165) is 17.0 Å². The molecule has 0 radical (unpaired) electrons. The highest BCUT2D eigenvalue weighted by Crippen LogP contribution is 2.23. The number of nitrogen functional groups attached to an aromatic ring is 1. The number of carbonyl (C=O) groups is 1. The molecule has 0 saturated heterocycles. The number of hydrogen-bond acceptors (Lipinski definition) is 6. The van der Waals surface area contributed by atoms with Gasteiger partial charge in [-0.15, -0.1) is 0 Å². The molecule has 2 aromatic rings. The number of nitrogens with zero attached hydrogens (tertiary/aromatic N) is 2. The Morgan fingerprint density at radius 1 is 1.30 bits per heavy atom. The van der Waals surface area contributed by atoms with Crippen molar-refractivity contribution in [3.05, 3.63) is 40.6 Å². The summed E-state index contributed by atoms with van der Waals surface area (Å²) in [6.45, 7) is 5.66. The Labute approximate surface area is 121 Å². The number of aryl methyl sites for hydroxylation is 3. The van der Waals surface area contributed by atoms with E-state index in [4.69, 9.17) is 10.3 Å². The van der Waals surface area contributed by atoms with Crippen molar-refractivity contribution in [2.45, 2.75) is 31.7 Å². The molecule has 106 valence electrons. The molecule has 2 rings (SSSR count). The summed E-state index contributed by atoms with van der Waals surface area (Å²) in [6.07, 6.45) is 0. The van der Waals surface area contributed by atoms with Gasteiger partial charge in [-0.05, 0) is 32.9 Å². The third-order valence-corrected chi connectivity index (χ3v) is 3.48. The number of nitrogens with one attached hydrogen (secondary N) is 1. The van der Waals surface area contributed by atoms with Crippen LogP contribution in [0.15, 0.2) is 21.7 Å². The second-order valence-corrected chi connectivity index (χ2v) is 5.36. The highest BCUT2D eigenvalue weighted by atomic mass is 32.2. The zero-order chi connectivity index (χ0) is 14.7. The first-order valence-corrected chi connectivity index (χ1v) is 7.03. The van der Waals surface area contributed by atoms with Gasteiger partial charge >= 0.3 is 5.91 Å². The molecule has 20 heavy (non-hydrogen) atoms. The van der Waals surface area contributed by atoms with Gasteiger partial charge in [-0.1, -0.05) is 11.8 Å². The normalized spacial score (nSPS) is 10.6. The van der Waals surface area contributed by atoms with Crippen LogP contribution in [-0.4, -0.2) is 15.9 Å². The van der Waals surface area contributed by atoms with E-state index < -0.39 is 5.91 Å². The molecule has 0 atom stereocenters. The van der Waals surface area contributed by atoms with Gasteiger partial charge in [0.25, 0.3) is 0 Å². The van der Waals surface area contributed by atoms with Crippen LogP contribution in [0.5, 0.6) is 0 Å². The van der Waals surface area contributed by atoms with E-state index in [1.54, 1.807) is 6.92 Å². The van der Waals surface area contributed by atoms with Crippen molar-refractivity contribution < 1.29 is 9.21 Å². The Kier molecular flexibility index (Phi) is 4.41. The fraction of sp³-hybridized carbons (Fsp3) is 0.308. The topological polar surface area (TPSA) is 94.0 Å². The number of thioether (sulfide) groups is 1. The van der Waals surface area contributed by atoms with Gasteiger partial charge in [0.15, 0.2) is 10.9 Å². The Balaban J connectivity index is 2.09. The van der Waals surface area contributed by atoms with E-state index >= 15 is 0 Å². The molecule has 0 aliphatic heterocycles. The van der Waals surface area contributed by atoms with Gasteiger partial charge in [0.2, 0.25) is 0 Å². The molecule has 6 nitrogen and oxygen atoms in total. The van der Waals surface area contributed by atoms with Gasteiger partial charge in [-0.3, -0.25) is 10.2 Å². The van der Waals surface area contributed by atoms with Gasteiger partial charge in [0.1, 0.15) is 5.76 Å². The zero-order valence-electron chi connectivity index (χ0n) is 11.6. The van der Waals surface area contributed by atoms with E-state index in [-0.39, 0.29) is 5.76 Å². The molecule has 7 heteroatoms. The van der Waals surface area contributed by atoms with Crippen LogP contribution in [0.1, 0.15) is 33.3 Å². The number of carbonyl (C=O) groups excluding carboxylic acids is 1. The Bertz CT molecular complexity index is 619. The molecule has 2 heterocycles. The smallest absolute Gasteiger partial charge is 0.301 e. The van der Waals surface area contributed by atoms with Crippen LogP contribution in [-0.2, 0) is 5.75 Å². The van der Waals surface area contributed by atoms with Crippen LogP contribution in [0.2, 0.25) is 0 Å². The van der Waals surface area contributed by atoms with Crippen molar-refractivity contribution in [3.8, 4) is 0 Å². The molecule has 0 unspecified atom stereocenters. The minimum absolute atomic E-state index is 0.240. The lowest BCUT2D eigenvalue weighted by molar-refractivity contribution is 0.0923. The number of rotatable bonds is 4. The van der Waals surface area contributed by atoms with E-state index in [1.165, 1.54) is 11.8 Å². The summed E-state index contributed by atoms with van der Waals surface area (Å²) in [7, 11) is 0. The van der Waals surface area contributed by atoms with Gasteiger partial charge in [0.05, 0.1) is 5.75 Å². The quantitative estimate of drug-likeness (QED) is 0.294. The zero-order valence-corrected chi connectivity index (χ0v) is 12.4. The number of hydrazine groups is 1. The van der Waals surface area contributed by atoms with Crippen LogP contribution in [0.3, 0.4) is 0 Å². The maximum Gasteiger partial charge on any atom is 0.301 e. The molecule has 0 fully saturated rings. The SMILES string of the molecule is Cc1cc(C)nc(SCc2cc(C)c(C(=O)NN)o2)n1. The predicted octanol–water partition coefficient (Wildman–Crippen LogP) is 1.89. The first-order valence-electron chi connectivity index (χ1n) is 6.05. The third-order valence-electron chi connectivity index (χ3n) is 2.61. The monoisotopic (exact) mass is 292 g/mol. The highest BCUT2D eigenvalue weighted by Gasteiger charge is 2.15. The maximum absolute atomic E-state index is 11.4. The molecule has 0 aliphatic carbocycles. The van der Waals surface area contributed by atoms with Gasteiger partial charge < -0.3 is 4.42 Å². The van der Waals surface area contributed by atoms with E-state index in [0.29, 0.717) is 16.7 Å². The summed E-state index contributed by atoms with van der Waals surface area (Å²) in [5.74, 6) is 6.15. The summed E-state index contributed by atoms with van der Waals surface area (Å²) in [6, 6.07) is 3.74. The lowest BCUT2D eigenvalue weighted by atomic mass is 10.2. The Morgan fingerprint density at radius 3 is 2.55 bits per heavy atom. The molecule has 2 aromatic heterocycles. The van der Waals surface area contributed by atoms with E-state index in [1.807, 2.05) is 26.0 Å². The number of nitrogens with two attached hydrogens (primary N) is 1. The Hall–Kier alpha value is -1.86. The molecule has 0 spiro atoms. The summed E-state index contributed by atoms with van der Waals surface area (Å²) >= 11 is 1.46. The standard InChI is InChI=1S/C13H16N4O2S/c1-7-4-10(19-11(7)12(18)17-14)6-20-13-15-8(2)5-9(3)16-13/h4-5H,6,14H2,1-3H3,(H,17,18). The molecule has 0 bridgehead atoms. The van der Waals surface area contributed by atoms with Crippen molar-refractivity contribution in [3.63, 3.8) is 0 Å². The van der Waals surface area contributed by atoms with Crippen LogP contribution in [0, 0.1) is 20.8 Å². The van der Waals surface area contributed by atoms with Crippen LogP contribution in [0.25, 0.3) is 0 Å². The predicted molar refractivity (Wildman–Crippen MR) is 76.2 cm³/mol. The number of amides is 1. The van der Waals surface area contributed by atoms with Crippen molar-refractivity contribution in [2.75, 3.05) is 0 Å². The van der Waals surface area contributed by atoms with Crippen molar-refractivity contribution >= 4 is 17.7 Å². The Morgan fingerprint density at radius 2 is 1.95 bits per heavy atom. The van der Waals surface area contributed by atoms with Gasteiger partial charge in [-0.2, -0.15) is 0 Å². The minimum atomic E-state index is -0.429. The van der Waals surface area contributed by atoms with E-state index in [2.05, 4.69) is 15.4 Å². The summed E-state index contributed by atoms with van der Waals surface area (Å²) in [5.41, 5.74) is 4.67. The van der Waals surface area contributed by atoms with Crippen molar-refractivity contribution in [1.29, 1.82) is 0 Å². The molecule has 0 aliphatic rings. The van der Waals surface area contributed by atoms with E-state index in [9.17, 15) is 4.79 Å². The lowest BCUT2D eigenvalue weighted by Gasteiger charge is -2.01. The molecule has 0 aromatic carbocycles. The second-order valence-electron chi connectivity index (χ2n) is 4.42. The molecule has 1 amide bonds. The average molecular weight is 292 g/mol. The largest absolute Gasteiger partial charge is 0.455 e. The molecular formula is C13H16N4O2S. The maximum atomic E-state index is 11.4. The highest BCUT2D eigenvalue weighted by molar-refractivity contribution is 7.98. The first-order chi connectivity index (χ1) is 9.49. The summed E-state index contributed by atoms with van der Waals surface area (Å²) in [4.78, 5) is 20.1. The molecular weight excluding hydrogens is 276 g/mol. The van der Waals surface area contributed by atoms with Crippen LogP contribution in [0.4, 0.5) is 0 Å². The number of furan rings is 1. The van der Waals surface area contributed by atoms with Crippen molar-refractivity contribution in [2.24, 2.45) is 5.84 Å². The van der Waals surface area contributed by atoms with Gasteiger partial charge in [0, 0.05) is 17.0 Å². The fourth-order valence-electron chi connectivity index (χ4n) is 1.80. The van der Waals surface area contributed by atoms with Crippen LogP contribution >= 0.6 is 11.8 Å². The number of hydrogen-bond donors (Lipinski definition) is 2. The lowest BCUT2D eigenvalue weighted by Crippen LogP contribution is -2.30. The molecule has 0 saturated carbocycles. The average Bonchev–Trinajstić information content (AvgIpc) is 2.76. The van der Waals surface area contributed by atoms with Gasteiger partial charge in [-0.25, -0.2) is 15.8 Å². The number of aromatic nitrogens is 2.